The third-order valence-corrected chi connectivity index (χ3v) is 3.66. The first-order valence-electron chi connectivity index (χ1n) is 6.56. The predicted octanol–water partition coefficient (Wildman–Crippen LogP) is 4.84. The van der Waals surface area contributed by atoms with E-state index >= 15 is 0 Å². The van der Waals surface area contributed by atoms with Crippen LogP contribution < -0.4 is 5.32 Å². The molecule has 0 aliphatic carbocycles. The van der Waals surface area contributed by atoms with Crippen molar-refractivity contribution in [2.45, 2.75) is 46.1 Å². The number of nitriles is 1. The molecule has 0 saturated heterocycles. The van der Waals surface area contributed by atoms with Crippen molar-refractivity contribution in [1.29, 1.82) is 5.26 Å². The third kappa shape index (κ3) is 4.23. The van der Waals surface area contributed by atoms with Crippen LogP contribution in [0.3, 0.4) is 0 Å². The van der Waals surface area contributed by atoms with E-state index in [1.54, 1.807) is 6.07 Å². The lowest BCUT2D eigenvalue weighted by Gasteiger charge is -2.21. The first-order chi connectivity index (χ1) is 8.60. The number of hydrogen-bond acceptors (Lipinski definition) is 2. The van der Waals surface area contributed by atoms with Crippen molar-refractivity contribution in [3.8, 4) is 6.07 Å². The zero-order chi connectivity index (χ0) is 13.5. The molecule has 1 N–H and O–H groups in total. The topological polar surface area (TPSA) is 35.8 Å². The summed E-state index contributed by atoms with van der Waals surface area (Å²) in [6, 6.07) is 8.09. The fourth-order valence-electron chi connectivity index (χ4n) is 1.92. The lowest BCUT2D eigenvalue weighted by atomic mass is 9.97. The maximum absolute atomic E-state index is 8.96. The lowest BCUT2D eigenvalue weighted by Crippen LogP contribution is -2.21. The Labute approximate surface area is 115 Å². The van der Waals surface area contributed by atoms with Crippen LogP contribution in [-0.2, 0) is 0 Å². The van der Waals surface area contributed by atoms with Crippen LogP contribution in [0.2, 0.25) is 5.02 Å². The second-order valence-electron chi connectivity index (χ2n) is 4.81. The van der Waals surface area contributed by atoms with E-state index in [0.717, 1.165) is 18.5 Å². The van der Waals surface area contributed by atoms with Crippen molar-refractivity contribution in [2.75, 3.05) is 5.32 Å². The number of benzene rings is 1. The van der Waals surface area contributed by atoms with E-state index in [2.05, 4.69) is 32.2 Å². The Morgan fingerprint density at radius 1 is 1.33 bits per heavy atom. The van der Waals surface area contributed by atoms with Crippen LogP contribution >= 0.6 is 11.6 Å². The van der Waals surface area contributed by atoms with E-state index in [-0.39, 0.29) is 0 Å². The smallest absolute Gasteiger partial charge is 0.101 e. The molecule has 0 fully saturated rings. The predicted molar refractivity (Wildman–Crippen MR) is 77.9 cm³/mol. The summed E-state index contributed by atoms with van der Waals surface area (Å²) >= 11 is 5.92. The van der Waals surface area contributed by atoms with E-state index in [9.17, 15) is 0 Å². The van der Waals surface area contributed by atoms with Crippen molar-refractivity contribution < 1.29 is 0 Å². The molecule has 0 aliphatic heterocycles. The average molecular weight is 265 g/mol. The monoisotopic (exact) mass is 264 g/mol. The summed E-state index contributed by atoms with van der Waals surface area (Å²) in [5.74, 6) is 0.713. The van der Waals surface area contributed by atoms with Crippen LogP contribution in [0.15, 0.2) is 18.2 Å². The summed E-state index contributed by atoms with van der Waals surface area (Å²) in [7, 11) is 0. The molecule has 0 spiro atoms. The van der Waals surface area contributed by atoms with Crippen LogP contribution in [0.25, 0.3) is 0 Å². The van der Waals surface area contributed by atoms with Gasteiger partial charge in [-0.15, -0.1) is 0 Å². The number of nitrogens with one attached hydrogen (secondary N) is 1. The normalized spacial score (nSPS) is 13.7. The zero-order valence-corrected chi connectivity index (χ0v) is 12.1. The molecule has 1 aromatic rings. The molecule has 0 bridgehead atoms. The van der Waals surface area contributed by atoms with Gasteiger partial charge < -0.3 is 5.32 Å². The van der Waals surface area contributed by atoms with E-state index in [1.807, 2.05) is 12.1 Å². The van der Waals surface area contributed by atoms with E-state index in [0.29, 0.717) is 22.5 Å². The first-order valence-corrected chi connectivity index (χ1v) is 6.94. The largest absolute Gasteiger partial charge is 0.382 e. The fraction of sp³-hybridized carbons (Fsp3) is 0.533. The van der Waals surface area contributed by atoms with Gasteiger partial charge in [0.2, 0.25) is 0 Å². The van der Waals surface area contributed by atoms with Crippen molar-refractivity contribution >= 4 is 17.3 Å². The van der Waals surface area contributed by atoms with Crippen molar-refractivity contribution in [3.63, 3.8) is 0 Å². The van der Waals surface area contributed by atoms with Gasteiger partial charge in [-0.05, 0) is 37.0 Å². The Hall–Kier alpha value is -1.20. The van der Waals surface area contributed by atoms with Gasteiger partial charge in [-0.2, -0.15) is 5.26 Å². The SMILES string of the molecule is CCC(C)CC(CC)Nc1ccc(Cl)c(C#N)c1. The number of hydrogen-bond donors (Lipinski definition) is 1. The number of halogens is 1. The van der Waals surface area contributed by atoms with E-state index < -0.39 is 0 Å². The summed E-state index contributed by atoms with van der Waals surface area (Å²) in [5, 5.41) is 13.0. The van der Waals surface area contributed by atoms with Crippen LogP contribution in [0.5, 0.6) is 0 Å². The van der Waals surface area contributed by atoms with E-state index in [1.165, 1.54) is 6.42 Å². The van der Waals surface area contributed by atoms with Crippen molar-refractivity contribution in [1.82, 2.24) is 0 Å². The molecule has 0 aliphatic rings. The lowest BCUT2D eigenvalue weighted by molar-refractivity contribution is 0.462. The summed E-state index contributed by atoms with van der Waals surface area (Å²) in [6.07, 6.45) is 3.43. The number of rotatable bonds is 6. The molecule has 0 amide bonds. The van der Waals surface area contributed by atoms with Gasteiger partial charge in [0.05, 0.1) is 10.6 Å². The maximum Gasteiger partial charge on any atom is 0.101 e. The van der Waals surface area contributed by atoms with Gasteiger partial charge in [0.15, 0.2) is 0 Å². The summed E-state index contributed by atoms with van der Waals surface area (Å²) in [5.41, 5.74) is 1.51. The van der Waals surface area contributed by atoms with Crippen LogP contribution in [0.1, 0.15) is 45.6 Å². The van der Waals surface area contributed by atoms with Crippen LogP contribution in [-0.4, -0.2) is 6.04 Å². The maximum atomic E-state index is 8.96. The Morgan fingerprint density at radius 3 is 2.61 bits per heavy atom. The van der Waals surface area contributed by atoms with Gasteiger partial charge in [-0.1, -0.05) is 38.8 Å². The van der Waals surface area contributed by atoms with E-state index in [4.69, 9.17) is 16.9 Å². The van der Waals surface area contributed by atoms with Gasteiger partial charge in [0.25, 0.3) is 0 Å². The Kier molecular flexibility index (Phi) is 6.01. The Bertz CT molecular complexity index is 423. The van der Waals surface area contributed by atoms with Crippen molar-refractivity contribution in [2.24, 2.45) is 5.92 Å². The summed E-state index contributed by atoms with van der Waals surface area (Å²) < 4.78 is 0. The molecular weight excluding hydrogens is 244 g/mol. The summed E-state index contributed by atoms with van der Waals surface area (Å²) in [6.45, 7) is 6.67. The average Bonchev–Trinajstić information content (AvgIpc) is 2.39. The van der Waals surface area contributed by atoms with Crippen molar-refractivity contribution in [3.05, 3.63) is 28.8 Å². The Balaban J connectivity index is 2.73. The van der Waals surface area contributed by atoms with Gasteiger partial charge in [0, 0.05) is 11.7 Å². The zero-order valence-electron chi connectivity index (χ0n) is 11.3. The molecule has 2 atom stereocenters. The van der Waals surface area contributed by atoms with Crippen LogP contribution in [0.4, 0.5) is 5.69 Å². The number of anilines is 1. The van der Waals surface area contributed by atoms with Gasteiger partial charge in [-0.25, -0.2) is 0 Å². The highest BCUT2D eigenvalue weighted by Crippen LogP contribution is 2.22. The molecule has 0 radical (unpaired) electrons. The highest BCUT2D eigenvalue weighted by atomic mass is 35.5. The first kappa shape index (κ1) is 14.9. The number of nitrogens with zero attached hydrogens (tertiary/aromatic N) is 1. The minimum Gasteiger partial charge on any atom is -0.382 e. The molecule has 1 aromatic carbocycles. The molecule has 3 heteroatoms. The molecule has 2 unspecified atom stereocenters. The van der Waals surface area contributed by atoms with Gasteiger partial charge >= 0.3 is 0 Å². The Morgan fingerprint density at radius 2 is 2.06 bits per heavy atom. The molecule has 0 heterocycles. The van der Waals surface area contributed by atoms with Gasteiger partial charge in [0.1, 0.15) is 6.07 Å². The molecule has 18 heavy (non-hydrogen) atoms. The van der Waals surface area contributed by atoms with Crippen LogP contribution in [0, 0.1) is 17.2 Å². The molecule has 0 saturated carbocycles. The standard InChI is InChI=1S/C15H21ClN2/c1-4-11(3)8-13(5-2)18-14-6-7-15(16)12(9-14)10-17/h6-7,9,11,13,18H,4-5,8H2,1-3H3. The third-order valence-electron chi connectivity index (χ3n) is 3.33. The molecule has 2 nitrogen and oxygen atoms in total. The minimum atomic E-state index is 0.452. The highest BCUT2D eigenvalue weighted by molar-refractivity contribution is 6.31. The molecule has 1 rings (SSSR count). The molecule has 98 valence electrons. The molecular formula is C15H21ClN2. The second kappa shape index (κ2) is 7.28. The minimum absolute atomic E-state index is 0.452. The van der Waals surface area contributed by atoms with Gasteiger partial charge in [-0.3, -0.25) is 0 Å². The summed E-state index contributed by atoms with van der Waals surface area (Å²) in [4.78, 5) is 0. The highest BCUT2D eigenvalue weighted by Gasteiger charge is 2.11. The fourth-order valence-corrected chi connectivity index (χ4v) is 2.08. The molecule has 0 aromatic heterocycles. The quantitative estimate of drug-likeness (QED) is 0.798. The second-order valence-corrected chi connectivity index (χ2v) is 5.21.